The number of halogens is 1. The highest BCUT2D eigenvalue weighted by Crippen LogP contribution is 2.33. The predicted octanol–water partition coefficient (Wildman–Crippen LogP) is 1.17. The van der Waals surface area contributed by atoms with E-state index in [0.717, 1.165) is 44.9 Å². The van der Waals surface area contributed by atoms with Crippen molar-refractivity contribution in [3.05, 3.63) is 78.4 Å². The molecule has 6 rings (SSSR count). The predicted molar refractivity (Wildman–Crippen MR) is 113 cm³/mol. The summed E-state index contributed by atoms with van der Waals surface area (Å²) in [6.07, 6.45) is 0. The van der Waals surface area contributed by atoms with Gasteiger partial charge in [-0.05, 0) is 30.3 Å². The molecule has 0 unspecified atom stereocenters. The van der Waals surface area contributed by atoms with Gasteiger partial charge in [-0.15, -0.1) is 0 Å². The third kappa shape index (κ3) is 3.46. The summed E-state index contributed by atoms with van der Waals surface area (Å²) in [4.78, 5) is 9.67. The van der Waals surface area contributed by atoms with Gasteiger partial charge in [0.1, 0.15) is 17.6 Å². The van der Waals surface area contributed by atoms with Gasteiger partial charge in [-0.1, -0.05) is 42.5 Å². The van der Waals surface area contributed by atoms with Crippen LogP contribution in [0, 0.1) is 0 Å². The van der Waals surface area contributed by atoms with Crippen LogP contribution < -0.4 is 27.2 Å². The largest absolute Gasteiger partial charge is 1.00 e. The normalized spacial score (nSPS) is 12.3. The van der Waals surface area contributed by atoms with E-state index in [1.807, 2.05) is 72.8 Å². The summed E-state index contributed by atoms with van der Waals surface area (Å²) < 4.78 is 17.0. The summed E-state index contributed by atoms with van der Waals surface area (Å²) in [5.41, 5.74) is 4.43. The standard InChI is InChI=1S/C24H17N3O3.ClH/c1-2-6-16(7-3-1)23-26-21-17-8-4-5-9-18(17)30-22(21)24(27-23)25-13-15-10-11-19-20(12-15)29-14-28-19;/h1-12H,13-14H2,(H,25,26,27);1H. The van der Waals surface area contributed by atoms with Crippen molar-refractivity contribution >= 4 is 27.9 Å². The molecule has 0 saturated carbocycles. The number of hydrogen-bond donors (Lipinski definition) is 1. The van der Waals surface area contributed by atoms with Crippen LogP contribution >= 0.6 is 0 Å². The minimum Gasteiger partial charge on any atom is -1.00 e. The number of benzene rings is 3. The number of rotatable bonds is 4. The van der Waals surface area contributed by atoms with E-state index in [4.69, 9.17) is 23.9 Å². The molecule has 31 heavy (non-hydrogen) atoms. The fourth-order valence-corrected chi connectivity index (χ4v) is 3.75. The third-order valence-corrected chi connectivity index (χ3v) is 5.25. The number of para-hydroxylation sites is 1. The van der Waals surface area contributed by atoms with Crippen LogP contribution in [0.5, 0.6) is 11.5 Å². The molecule has 0 atom stereocenters. The number of hydrogen-bond acceptors (Lipinski definition) is 5. The number of aromatic nitrogens is 2. The SMILES string of the molecule is [Cl-].c1ccc(-c2nc([NH2+]Cc3ccc4c(c3)OCO4)c3oc4ccccc4c3n2)cc1. The second-order valence-corrected chi connectivity index (χ2v) is 7.17. The maximum absolute atomic E-state index is 6.14. The molecule has 1 aliphatic rings. The number of nitrogens with two attached hydrogens (primary N) is 1. The van der Waals surface area contributed by atoms with Crippen molar-refractivity contribution in [1.82, 2.24) is 9.97 Å². The lowest BCUT2D eigenvalue weighted by Gasteiger charge is -2.05. The molecule has 154 valence electrons. The van der Waals surface area contributed by atoms with Crippen molar-refractivity contribution in [1.29, 1.82) is 0 Å². The van der Waals surface area contributed by atoms with E-state index in [0.29, 0.717) is 18.0 Å². The molecule has 2 aromatic heterocycles. The van der Waals surface area contributed by atoms with Crippen LogP contribution in [-0.4, -0.2) is 16.8 Å². The Bertz CT molecular complexity index is 1390. The summed E-state index contributed by atoms with van der Waals surface area (Å²) in [6, 6.07) is 24.0. The Labute approximate surface area is 184 Å². The molecule has 5 aromatic rings. The molecular weight excluding hydrogens is 414 g/mol. The van der Waals surface area contributed by atoms with E-state index >= 15 is 0 Å². The van der Waals surface area contributed by atoms with Crippen LogP contribution in [-0.2, 0) is 6.54 Å². The van der Waals surface area contributed by atoms with E-state index in [2.05, 4.69) is 5.32 Å². The lowest BCUT2D eigenvalue weighted by atomic mass is 10.2. The summed E-state index contributed by atoms with van der Waals surface area (Å²) in [7, 11) is 0. The van der Waals surface area contributed by atoms with Gasteiger partial charge in [0.25, 0.3) is 5.82 Å². The zero-order valence-electron chi connectivity index (χ0n) is 16.4. The molecule has 6 nitrogen and oxygen atoms in total. The van der Waals surface area contributed by atoms with Crippen LogP contribution in [0.1, 0.15) is 5.56 Å². The van der Waals surface area contributed by atoms with Crippen molar-refractivity contribution in [3.63, 3.8) is 0 Å². The topological polar surface area (TPSA) is 74.0 Å². The van der Waals surface area contributed by atoms with Gasteiger partial charge in [0.2, 0.25) is 12.4 Å². The Hall–Kier alpha value is -3.61. The molecule has 3 aromatic carbocycles. The minimum absolute atomic E-state index is 0. The first-order valence-corrected chi connectivity index (χ1v) is 9.81. The van der Waals surface area contributed by atoms with Crippen LogP contribution in [0.2, 0.25) is 0 Å². The molecule has 0 amide bonds. The van der Waals surface area contributed by atoms with E-state index < -0.39 is 0 Å². The minimum atomic E-state index is 0. The monoisotopic (exact) mass is 431 g/mol. The summed E-state index contributed by atoms with van der Waals surface area (Å²) in [5, 5.41) is 3.07. The Morgan fingerprint density at radius 2 is 1.65 bits per heavy atom. The second kappa shape index (κ2) is 7.91. The highest BCUT2D eigenvalue weighted by atomic mass is 35.5. The summed E-state index contributed by atoms with van der Waals surface area (Å²) in [6.45, 7) is 0.961. The molecule has 0 bridgehead atoms. The molecule has 0 saturated heterocycles. The quantitative estimate of drug-likeness (QED) is 0.462. The molecular formula is C24H18ClN3O3. The summed E-state index contributed by atoms with van der Waals surface area (Å²) in [5.74, 6) is 3.04. The number of nitrogens with zero attached hydrogens (tertiary/aromatic N) is 2. The Morgan fingerprint density at radius 3 is 2.55 bits per heavy atom. The average molecular weight is 432 g/mol. The smallest absolute Gasteiger partial charge is 0.272 e. The molecule has 0 spiro atoms. The maximum atomic E-state index is 6.14. The van der Waals surface area contributed by atoms with Crippen LogP contribution in [0.25, 0.3) is 33.5 Å². The zero-order chi connectivity index (χ0) is 19.9. The number of fused-ring (bicyclic) bond motifs is 4. The molecule has 0 aliphatic carbocycles. The first-order valence-electron chi connectivity index (χ1n) is 9.81. The first kappa shape index (κ1) is 19.4. The van der Waals surface area contributed by atoms with Gasteiger partial charge in [0.15, 0.2) is 17.3 Å². The molecule has 2 N–H and O–H groups in total. The van der Waals surface area contributed by atoms with Crippen LogP contribution in [0.3, 0.4) is 0 Å². The molecule has 1 aliphatic heterocycles. The summed E-state index contributed by atoms with van der Waals surface area (Å²) >= 11 is 0. The fourth-order valence-electron chi connectivity index (χ4n) is 3.75. The Balaban J connectivity index is 0.00000204. The van der Waals surface area contributed by atoms with E-state index in [1.165, 1.54) is 0 Å². The third-order valence-electron chi connectivity index (χ3n) is 5.25. The highest BCUT2D eigenvalue weighted by molar-refractivity contribution is 6.05. The van der Waals surface area contributed by atoms with Crippen molar-refractivity contribution in [3.8, 4) is 22.9 Å². The van der Waals surface area contributed by atoms with Gasteiger partial charge in [0, 0.05) is 16.5 Å². The molecule has 0 fully saturated rings. The fraction of sp³-hybridized carbons (Fsp3) is 0.0833. The Morgan fingerprint density at radius 1 is 0.839 bits per heavy atom. The van der Waals surface area contributed by atoms with Gasteiger partial charge in [0.05, 0.1) is 0 Å². The second-order valence-electron chi connectivity index (χ2n) is 7.17. The lowest BCUT2D eigenvalue weighted by Crippen LogP contribution is -3.00. The maximum Gasteiger partial charge on any atom is 0.272 e. The van der Waals surface area contributed by atoms with Crippen LogP contribution in [0.4, 0.5) is 5.82 Å². The van der Waals surface area contributed by atoms with E-state index in [1.54, 1.807) is 0 Å². The number of ether oxygens (including phenoxy) is 2. The molecule has 7 heteroatoms. The van der Waals surface area contributed by atoms with E-state index in [9.17, 15) is 0 Å². The highest BCUT2D eigenvalue weighted by Gasteiger charge is 2.20. The van der Waals surface area contributed by atoms with Gasteiger partial charge >= 0.3 is 0 Å². The lowest BCUT2D eigenvalue weighted by molar-refractivity contribution is -0.591. The van der Waals surface area contributed by atoms with Crippen molar-refractivity contribution in [2.75, 3.05) is 6.79 Å². The average Bonchev–Trinajstić information content (AvgIpc) is 3.42. The zero-order valence-corrected chi connectivity index (χ0v) is 17.2. The van der Waals surface area contributed by atoms with E-state index in [-0.39, 0.29) is 19.2 Å². The van der Waals surface area contributed by atoms with Crippen molar-refractivity contribution in [2.24, 2.45) is 0 Å². The van der Waals surface area contributed by atoms with Gasteiger partial charge in [-0.2, -0.15) is 4.98 Å². The van der Waals surface area contributed by atoms with Crippen LogP contribution in [0.15, 0.2) is 77.2 Å². The number of quaternary nitrogens is 1. The van der Waals surface area contributed by atoms with Gasteiger partial charge in [-0.25, -0.2) is 4.98 Å². The molecule has 3 heterocycles. The van der Waals surface area contributed by atoms with Gasteiger partial charge in [-0.3, -0.25) is 5.32 Å². The van der Waals surface area contributed by atoms with Crippen molar-refractivity contribution < 1.29 is 31.6 Å². The molecule has 0 radical (unpaired) electrons. The Kier molecular flexibility index (Phi) is 4.94. The van der Waals surface area contributed by atoms with Gasteiger partial charge < -0.3 is 26.3 Å². The van der Waals surface area contributed by atoms with Crippen molar-refractivity contribution in [2.45, 2.75) is 6.54 Å². The number of furan rings is 1. The first-order chi connectivity index (χ1) is 14.8.